The van der Waals surface area contributed by atoms with Crippen molar-refractivity contribution in [3.05, 3.63) is 34.3 Å². The van der Waals surface area contributed by atoms with Crippen LogP contribution in [0.4, 0.5) is 0 Å². The smallest absolute Gasteiger partial charge is 0.230 e. The monoisotopic (exact) mass is 366 g/mol. The van der Waals surface area contributed by atoms with Gasteiger partial charge in [0, 0.05) is 30.3 Å². The second-order valence-corrected chi connectivity index (χ2v) is 7.33. The molecular weight excluding hydrogens is 344 g/mol. The molecule has 1 aliphatic carbocycles. The molecule has 2 fully saturated rings. The van der Waals surface area contributed by atoms with Gasteiger partial charge >= 0.3 is 0 Å². The van der Waals surface area contributed by atoms with E-state index in [2.05, 4.69) is 21.2 Å². The Balaban J connectivity index is 1.75. The number of hydrogen-bond acceptors (Lipinski definition) is 3. The van der Waals surface area contributed by atoms with Gasteiger partial charge in [0.25, 0.3) is 0 Å². The van der Waals surface area contributed by atoms with Crippen LogP contribution in [0.1, 0.15) is 31.2 Å². The van der Waals surface area contributed by atoms with E-state index in [4.69, 9.17) is 10.5 Å². The van der Waals surface area contributed by atoms with Crippen LogP contribution in [-0.4, -0.2) is 31.7 Å². The fourth-order valence-corrected chi connectivity index (χ4v) is 3.47. The van der Waals surface area contributed by atoms with E-state index in [9.17, 15) is 4.79 Å². The van der Waals surface area contributed by atoms with Crippen molar-refractivity contribution < 1.29 is 9.53 Å². The third-order valence-corrected chi connectivity index (χ3v) is 5.43. The minimum Gasteiger partial charge on any atom is -0.381 e. The number of nitrogens with two attached hydrogens (primary N) is 1. The summed E-state index contributed by atoms with van der Waals surface area (Å²) in [6.45, 7) is 1.82. The van der Waals surface area contributed by atoms with Gasteiger partial charge < -0.3 is 15.8 Å². The van der Waals surface area contributed by atoms with E-state index >= 15 is 0 Å². The summed E-state index contributed by atoms with van der Waals surface area (Å²) in [4.78, 5) is 12.9. The van der Waals surface area contributed by atoms with Crippen LogP contribution in [0.5, 0.6) is 0 Å². The van der Waals surface area contributed by atoms with Crippen molar-refractivity contribution in [3.8, 4) is 0 Å². The van der Waals surface area contributed by atoms with E-state index in [0.29, 0.717) is 25.7 Å². The number of amides is 1. The van der Waals surface area contributed by atoms with Gasteiger partial charge in [-0.2, -0.15) is 0 Å². The van der Waals surface area contributed by atoms with E-state index in [1.807, 2.05) is 24.3 Å². The Morgan fingerprint density at radius 2 is 1.95 bits per heavy atom. The Morgan fingerprint density at radius 1 is 1.32 bits per heavy atom. The Labute approximate surface area is 139 Å². The van der Waals surface area contributed by atoms with Crippen molar-refractivity contribution in [1.29, 1.82) is 0 Å². The Kier molecular flexibility index (Phi) is 4.85. The number of benzene rings is 1. The van der Waals surface area contributed by atoms with Gasteiger partial charge in [0.15, 0.2) is 0 Å². The third kappa shape index (κ3) is 3.36. The number of carbonyl (C=O) groups is 1. The highest BCUT2D eigenvalue weighted by molar-refractivity contribution is 9.10. The molecule has 1 saturated carbocycles. The first-order valence-corrected chi connectivity index (χ1v) is 8.79. The fraction of sp³-hybridized carbons (Fsp3) is 0.588. The van der Waals surface area contributed by atoms with Crippen molar-refractivity contribution in [2.45, 2.75) is 37.1 Å². The van der Waals surface area contributed by atoms with Crippen LogP contribution in [0.25, 0.3) is 0 Å². The number of carbonyl (C=O) groups excluding carboxylic acids is 1. The molecule has 0 spiro atoms. The zero-order valence-electron chi connectivity index (χ0n) is 12.7. The van der Waals surface area contributed by atoms with Gasteiger partial charge in [-0.25, -0.2) is 0 Å². The molecule has 1 aromatic carbocycles. The molecular formula is C17H23BrN2O2. The van der Waals surface area contributed by atoms with Crippen molar-refractivity contribution in [3.63, 3.8) is 0 Å². The highest BCUT2D eigenvalue weighted by Gasteiger charge is 2.42. The van der Waals surface area contributed by atoms with Gasteiger partial charge in [-0.1, -0.05) is 28.1 Å². The summed E-state index contributed by atoms with van der Waals surface area (Å²) in [5, 5.41) is 3.10. The van der Waals surface area contributed by atoms with Crippen LogP contribution >= 0.6 is 15.9 Å². The standard InChI is InChI=1S/C17H23BrN2O2/c18-14-5-3-13(4-6-14)17(7-9-22-10-8-17)16(21)20-11-15(19)12-1-2-12/h3-6,12,15H,1-2,7-11,19H2,(H,20,21). The molecule has 1 saturated heterocycles. The molecule has 1 atom stereocenters. The maximum atomic E-state index is 12.9. The first-order valence-electron chi connectivity index (χ1n) is 7.99. The molecule has 5 heteroatoms. The van der Waals surface area contributed by atoms with Crippen LogP contribution in [0.3, 0.4) is 0 Å². The molecule has 2 aliphatic rings. The molecule has 0 aromatic heterocycles. The quantitative estimate of drug-likeness (QED) is 0.840. The van der Waals surface area contributed by atoms with E-state index in [1.165, 1.54) is 12.8 Å². The van der Waals surface area contributed by atoms with Crippen molar-refractivity contribution >= 4 is 21.8 Å². The average Bonchev–Trinajstić information content (AvgIpc) is 3.38. The van der Waals surface area contributed by atoms with Gasteiger partial charge in [0.05, 0.1) is 5.41 Å². The van der Waals surface area contributed by atoms with E-state index in [0.717, 1.165) is 22.9 Å². The molecule has 3 N–H and O–H groups in total. The fourth-order valence-electron chi connectivity index (χ4n) is 3.21. The summed E-state index contributed by atoms with van der Waals surface area (Å²) in [5.74, 6) is 0.688. The van der Waals surface area contributed by atoms with Crippen LogP contribution in [-0.2, 0) is 14.9 Å². The van der Waals surface area contributed by atoms with Crippen LogP contribution in [0.15, 0.2) is 28.7 Å². The zero-order valence-corrected chi connectivity index (χ0v) is 14.3. The number of halogens is 1. The molecule has 0 radical (unpaired) electrons. The minimum atomic E-state index is -0.484. The molecule has 1 aliphatic heterocycles. The number of nitrogens with one attached hydrogen (secondary N) is 1. The molecule has 1 unspecified atom stereocenters. The third-order valence-electron chi connectivity index (χ3n) is 4.90. The summed E-state index contributed by atoms with van der Waals surface area (Å²) in [7, 11) is 0. The summed E-state index contributed by atoms with van der Waals surface area (Å²) in [5.41, 5.74) is 6.70. The lowest BCUT2D eigenvalue weighted by molar-refractivity contribution is -0.130. The number of ether oxygens (including phenoxy) is 1. The highest BCUT2D eigenvalue weighted by Crippen LogP contribution is 2.36. The first-order chi connectivity index (χ1) is 10.6. The molecule has 1 amide bonds. The molecule has 4 nitrogen and oxygen atoms in total. The lowest BCUT2D eigenvalue weighted by atomic mass is 9.73. The Bertz CT molecular complexity index is 522. The maximum absolute atomic E-state index is 12.9. The molecule has 22 heavy (non-hydrogen) atoms. The van der Waals surface area contributed by atoms with Crippen LogP contribution in [0.2, 0.25) is 0 Å². The predicted molar refractivity (Wildman–Crippen MR) is 89.6 cm³/mol. The molecule has 3 rings (SSSR count). The normalized spacial score (nSPS) is 22.1. The summed E-state index contributed by atoms with van der Waals surface area (Å²) in [6, 6.07) is 8.16. The summed E-state index contributed by atoms with van der Waals surface area (Å²) in [6.07, 6.45) is 3.84. The van der Waals surface area contributed by atoms with Crippen molar-refractivity contribution in [2.75, 3.05) is 19.8 Å². The molecule has 0 bridgehead atoms. The number of hydrogen-bond donors (Lipinski definition) is 2. The SMILES string of the molecule is NC(CNC(=O)C1(c2ccc(Br)cc2)CCOCC1)C1CC1. The Hall–Kier alpha value is -0.910. The number of rotatable bonds is 5. The van der Waals surface area contributed by atoms with E-state index < -0.39 is 5.41 Å². The lowest BCUT2D eigenvalue weighted by Crippen LogP contribution is -2.50. The Morgan fingerprint density at radius 3 is 2.55 bits per heavy atom. The van der Waals surface area contributed by atoms with Gasteiger partial charge in [-0.15, -0.1) is 0 Å². The van der Waals surface area contributed by atoms with Gasteiger partial charge in [-0.05, 0) is 49.3 Å². The highest BCUT2D eigenvalue weighted by atomic mass is 79.9. The summed E-state index contributed by atoms with van der Waals surface area (Å²) < 4.78 is 6.50. The van der Waals surface area contributed by atoms with Gasteiger partial charge in [-0.3, -0.25) is 4.79 Å². The van der Waals surface area contributed by atoms with Crippen LogP contribution < -0.4 is 11.1 Å². The second-order valence-electron chi connectivity index (χ2n) is 6.41. The predicted octanol–water partition coefficient (Wildman–Crippen LogP) is 2.35. The summed E-state index contributed by atoms with van der Waals surface area (Å²) >= 11 is 3.46. The van der Waals surface area contributed by atoms with Crippen LogP contribution in [0, 0.1) is 5.92 Å². The maximum Gasteiger partial charge on any atom is 0.230 e. The topological polar surface area (TPSA) is 64.3 Å². The van der Waals surface area contributed by atoms with Gasteiger partial charge in [0.1, 0.15) is 0 Å². The van der Waals surface area contributed by atoms with E-state index in [1.54, 1.807) is 0 Å². The van der Waals surface area contributed by atoms with Gasteiger partial charge in [0.2, 0.25) is 5.91 Å². The molecule has 1 aromatic rings. The first kappa shape index (κ1) is 16.0. The largest absolute Gasteiger partial charge is 0.381 e. The minimum absolute atomic E-state index is 0.0887. The van der Waals surface area contributed by atoms with E-state index in [-0.39, 0.29) is 11.9 Å². The molecule has 120 valence electrons. The second kappa shape index (κ2) is 6.69. The molecule has 1 heterocycles. The zero-order chi connectivity index (χ0) is 15.6. The average molecular weight is 367 g/mol. The van der Waals surface area contributed by atoms with Crippen molar-refractivity contribution in [1.82, 2.24) is 5.32 Å². The lowest BCUT2D eigenvalue weighted by Gasteiger charge is -2.36. The van der Waals surface area contributed by atoms with Crippen molar-refractivity contribution in [2.24, 2.45) is 11.7 Å².